The van der Waals surface area contributed by atoms with Gasteiger partial charge in [-0.3, -0.25) is 4.90 Å². The van der Waals surface area contributed by atoms with E-state index in [9.17, 15) is 0 Å². The van der Waals surface area contributed by atoms with E-state index in [0.29, 0.717) is 6.54 Å². The minimum atomic E-state index is 0.0356. The molecule has 1 atom stereocenters. The van der Waals surface area contributed by atoms with E-state index >= 15 is 0 Å². The van der Waals surface area contributed by atoms with Gasteiger partial charge in [0.2, 0.25) is 0 Å². The maximum atomic E-state index is 4.50. The van der Waals surface area contributed by atoms with Gasteiger partial charge >= 0.3 is 0 Å². The van der Waals surface area contributed by atoms with Crippen LogP contribution < -0.4 is 4.90 Å². The van der Waals surface area contributed by atoms with E-state index in [1.165, 1.54) is 21.7 Å². The first-order valence-corrected chi connectivity index (χ1v) is 11.5. The summed E-state index contributed by atoms with van der Waals surface area (Å²) in [5.41, 5.74) is 3.78. The Balaban J connectivity index is 1.43. The SMILES string of the molecule is Cc1ccc([C@H](c2nnnn2Cc2cccs2)N2CCN(c3ccccc3)CC2)cc1. The minimum Gasteiger partial charge on any atom is -0.369 e. The van der Waals surface area contributed by atoms with Crippen molar-refractivity contribution in [1.29, 1.82) is 0 Å². The van der Waals surface area contributed by atoms with Crippen LogP contribution in [0.4, 0.5) is 5.69 Å². The average molecular weight is 431 g/mol. The fourth-order valence-corrected chi connectivity index (χ4v) is 4.91. The Kier molecular flexibility index (Phi) is 5.78. The molecule has 3 heterocycles. The first kappa shape index (κ1) is 19.9. The molecule has 2 aromatic heterocycles. The molecule has 0 amide bonds. The zero-order valence-corrected chi connectivity index (χ0v) is 18.4. The molecule has 0 bridgehead atoms. The van der Waals surface area contributed by atoms with Gasteiger partial charge in [0.05, 0.1) is 12.6 Å². The lowest BCUT2D eigenvalue weighted by molar-refractivity contribution is 0.201. The fourth-order valence-electron chi connectivity index (χ4n) is 4.22. The van der Waals surface area contributed by atoms with Crippen LogP contribution in [0.2, 0.25) is 0 Å². The highest BCUT2D eigenvalue weighted by Gasteiger charge is 2.30. The Labute approximate surface area is 186 Å². The first-order chi connectivity index (χ1) is 15.3. The summed E-state index contributed by atoms with van der Waals surface area (Å²) in [6, 6.07) is 23.7. The number of hydrogen-bond donors (Lipinski definition) is 0. The van der Waals surface area contributed by atoms with Crippen LogP contribution in [-0.4, -0.2) is 51.3 Å². The second kappa shape index (κ2) is 8.99. The third-order valence-electron chi connectivity index (χ3n) is 5.88. The number of hydrogen-bond acceptors (Lipinski definition) is 6. The smallest absolute Gasteiger partial charge is 0.173 e. The van der Waals surface area contributed by atoms with E-state index in [1.807, 2.05) is 4.68 Å². The largest absolute Gasteiger partial charge is 0.369 e. The molecule has 158 valence electrons. The number of tetrazole rings is 1. The zero-order chi connectivity index (χ0) is 21.0. The molecule has 0 aliphatic carbocycles. The summed E-state index contributed by atoms with van der Waals surface area (Å²) in [4.78, 5) is 6.23. The van der Waals surface area contributed by atoms with E-state index in [0.717, 1.165) is 32.0 Å². The lowest BCUT2D eigenvalue weighted by Crippen LogP contribution is -2.48. The number of aryl methyl sites for hydroxylation is 1. The van der Waals surface area contributed by atoms with Crippen LogP contribution in [0, 0.1) is 6.92 Å². The predicted octanol–water partition coefficient (Wildman–Crippen LogP) is 4.00. The predicted molar refractivity (Wildman–Crippen MR) is 124 cm³/mol. The molecule has 4 aromatic rings. The minimum absolute atomic E-state index is 0.0356. The van der Waals surface area contributed by atoms with Gasteiger partial charge in [0.25, 0.3) is 0 Å². The number of benzene rings is 2. The van der Waals surface area contributed by atoms with Gasteiger partial charge in [0, 0.05) is 36.7 Å². The fraction of sp³-hybridized carbons (Fsp3) is 0.292. The molecule has 1 aliphatic heterocycles. The van der Waals surface area contributed by atoms with Crippen molar-refractivity contribution in [2.45, 2.75) is 19.5 Å². The number of nitrogens with zero attached hydrogens (tertiary/aromatic N) is 6. The summed E-state index contributed by atoms with van der Waals surface area (Å²) in [6.45, 7) is 6.71. The van der Waals surface area contributed by atoms with Gasteiger partial charge in [-0.15, -0.1) is 16.4 Å². The van der Waals surface area contributed by atoms with Crippen molar-refractivity contribution in [2.24, 2.45) is 0 Å². The molecule has 1 fully saturated rings. The molecule has 5 rings (SSSR count). The quantitative estimate of drug-likeness (QED) is 0.463. The van der Waals surface area contributed by atoms with Crippen molar-refractivity contribution in [3.63, 3.8) is 0 Å². The van der Waals surface area contributed by atoms with Crippen molar-refractivity contribution in [3.8, 4) is 0 Å². The summed E-state index contributed by atoms with van der Waals surface area (Å²) in [5.74, 6) is 0.908. The molecule has 1 saturated heterocycles. The molecule has 31 heavy (non-hydrogen) atoms. The van der Waals surface area contributed by atoms with Gasteiger partial charge in [0.15, 0.2) is 5.82 Å². The normalized spacial score (nSPS) is 15.8. The van der Waals surface area contributed by atoms with Crippen LogP contribution in [0.15, 0.2) is 72.1 Å². The molecule has 2 aromatic carbocycles. The summed E-state index contributed by atoms with van der Waals surface area (Å²) >= 11 is 1.74. The Morgan fingerprint density at radius 1 is 0.903 bits per heavy atom. The maximum absolute atomic E-state index is 4.50. The number of thiophene rings is 1. The molecular formula is C24H26N6S. The third-order valence-corrected chi connectivity index (χ3v) is 6.74. The lowest BCUT2D eigenvalue weighted by atomic mass is 10.0. The van der Waals surface area contributed by atoms with E-state index in [2.05, 4.69) is 104 Å². The highest BCUT2D eigenvalue weighted by molar-refractivity contribution is 7.09. The highest BCUT2D eigenvalue weighted by Crippen LogP contribution is 2.30. The Hall–Kier alpha value is -3.03. The Bertz CT molecular complexity index is 1080. The third kappa shape index (κ3) is 4.38. The molecule has 0 N–H and O–H groups in total. The number of rotatable bonds is 6. The van der Waals surface area contributed by atoms with E-state index in [-0.39, 0.29) is 6.04 Å². The van der Waals surface area contributed by atoms with Gasteiger partial charge in [-0.2, -0.15) is 0 Å². The number of aromatic nitrogens is 4. The summed E-state index contributed by atoms with van der Waals surface area (Å²) < 4.78 is 1.96. The standard InChI is InChI=1S/C24H26N6S/c1-19-9-11-20(12-10-19)23(24-25-26-27-30(24)18-22-8-5-17-31-22)29-15-13-28(14-16-29)21-6-3-2-4-7-21/h2-12,17,23H,13-16,18H2,1H3/t23-/m1/s1. The summed E-state index contributed by atoms with van der Waals surface area (Å²) in [6.07, 6.45) is 0. The van der Waals surface area contributed by atoms with Gasteiger partial charge in [-0.05, 0) is 46.5 Å². The van der Waals surface area contributed by atoms with Crippen LogP contribution in [0.5, 0.6) is 0 Å². The van der Waals surface area contributed by atoms with E-state index in [4.69, 9.17) is 0 Å². The van der Waals surface area contributed by atoms with Crippen LogP contribution in [0.25, 0.3) is 0 Å². The first-order valence-electron chi connectivity index (χ1n) is 10.7. The van der Waals surface area contributed by atoms with E-state index in [1.54, 1.807) is 11.3 Å². The molecule has 0 unspecified atom stereocenters. The van der Waals surface area contributed by atoms with Gasteiger partial charge in [0.1, 0.15) is 0 Å². The van der Waals surface area contributed by atoms with Crippen molar-refractivity contribution in [2.75, 3.05) is 31.1 Å². The summed E-state index contributed by atoms with van der Waals surface area (Å²) in [5, 5.41) is 15.0. The average Bonchev–Trinajstić information content (AvgIpc) is 3.49. The monoisotopic (exact) mass is 430 g/mol. The van der Waals surface area contributed by atoms with Crippen LogP contribution in [0.3, 0.4) is 0 Å². The molecule has 1 aliphatic rings. The topological polar surface area (TPSA) is 50.1 Å². The molecule has 7 heteroatoms. The molecule has 0 spiro atoms. The second-order valence-electron chi connectivity index (χ2n) is 7.95. The van der Waals surface area contributed by atoms with Crippen molar-refractivity contribution < 1.29 is 0 Å². The van der Waals surface area contributed by atoms with Crippen LogP contribution in [-0.2, 0) is 6.54 Å². The van der Waals surface area contributed by atoms with Gasteiger partial charge in [-0.1, -0.05) is 54.1 Å². The van der Waals surface area contributed by atoms with Gasteiger partial charge in [-0.25, -0.2) is 4.68 Å². The molecule has 0 radical (unpaired) electrons. The Morgan fingerprint density at radius 3 is 2.39 bits per heavy atom. The number of piperazine rings is 1. The van der Waals surface area contributed by atoms with Crippen molar-refractivity contribution >= 4 is 17.0 Å². The van der Waals surface area contributed by atoms with Crippen molar-refractivity contribution in [1.82, 2.24) is 25.1 Å². The molecule has 0 saturated carbocycles. The lowest BCUT2D eigenvalue weighted by Gasteiger charge is -2.40. The number of anilines is 1. The number of para-hydroxylation sites is 1. The summed E-state index contributed by atoms with van der Waals surface area (Å²) in [7, 11) is 0. The van der Waals surface area contributed by atoms with Gasteiger partial charge < -0.3 is 4.90 Å². The van der Waals surface area contributed by atoms with Crippen molar-refractivity contribution in [3.05, 3.63) is 93.9 Å². The zero-order valence-electron chi connectivity index (χ0n) is 17.6. The van der Waals surface area contributed by atoms with E-state index < -0.39 is 0 Å². The highest BCUT2D eigenvalue weighted by atomic mass is 32.1. The van der Waals surface area contributed by atoms with Crippen LogP contribution >= 0.6 is 11.3 Å². The molecule has 6 nitrogen and oxygen atoms in total. The maximum Gasteiger partial charge on any atom is 0.173 e. The van der Waals surface area contributed by atoms with Crippen LogP contribution in [0.1, 0.15) is 27.9 Å². The Morgan fingerprint density at radius 2 is 1.68 bits per heavy atom. The second-order valence-corrected chi connectivity index (χ2v) is 8.98. The molecular weight excluding hydrogens is 404 g/mol.